The third-order valence-electron chi connectivity index (χ3n) is 2.82. The van der Waals surface area contributed by atoms with E-state index in [0.29, 0.717) is 18.4 Å². The number of phenols is 1. The maximum atomic E-state index is 11.7. The molecule has 0 atom stereocenters. The van der Waals surface area contributed by atoms with Crippen molar-refractivity contribution < 1.29 is 9.90 Å². The lowest BCUT2D eigenvalue weighted by atomic mass is 10.1. The highest BCUT2D eigenvalue weighted by molar-refractivity contribution is 7.10. The van der Waals surface area contributed by atoms with Gasteiger partial charge in [-0.1, -0.05) is 24.3 Å². The zero-order chi connectivity index (χ0) is 15.1. The van der Waals surface area contributed by atoms with Gasteiger partial charge in [0.25, 0.3) is 0 Å². The first-order valence-corrected chi connectivity index (χ1v) is 7.34. The minimum atomic E-state index is -0.185. The van der Waals surface area contributed by atoms with Gasteiger partial charge in [0.15, 0.2) is 0 Å². The number of nitrogens with one attached hydrogen (secondary N) is 1. The highest BCUT2D eigenvalue weighted by Crippen LogP contribution is 2.21. The van der Waals surface area contributed by atoms with Gasteiger partial charge in [-0.25, -0.2) is 5.43 Å². The van der Waals surface area contributed by atoms with Crippen molar-refractivity contribution in [1.29, 1.82) is 0 Å². The highest BCUT2D eigenvalue weighted by atomic mass is 32.1. The van der Waals surface area contributed by atoms with Crippen molar-refractivity contribution in [2.45, 2.75) is 12.8 Å². The number of carbonyl (C=O) groups is 1. The molecule has 0 aliphatic heterocycles. The molecule has 0 radical (unpaired) electrons. The van der Waals surface area contributed by atoms with Crippen LogP contribution in [0, 0.1) is 0 Å². The number of amides is 1. The zero-order valence-corrected chi connectivity index (χ0v) is 12.3. The number of phenolic OH excluding ortho intramolecular Hbond substituents is 1. The van der Waals surface area contributed by atoms with Crippen molar-refractivity contribution in [1.82, 2.24) is 5.43 Å². The fourth-order valence-electron chi connectivity index (χ4n) is 1.82. The maximum absolute atomic E-state index is 11.7. The van der Waals surface area contributed by atoms with Crippen LogP contribution >= 0.6 is 11.3 Å². The minimum absolute atomic E-state index is 0.161. The van der Waals surface area contributed by atoms with Gasteiger partial charge in [0.1, 0.15) is 5.75 Å². The van der Waals surface area contributed by atoms with Gasteiger partial charge >= 0.3 is 0 Å². The Morgan fingerprint density at radius 2 is 2.24 bits per heavy atom. The summed E-state index contributed by atoms with van der Waals surface area (Å²) < 4.78 is 0. The van der Waals surface area contributed by atoms with Crippen LogP contribution in [0.2, 0.25) is 0 Å². The van der Waals surface area contributed by atoms with Crippen LogP contribution < -0.4 is 5.43 Å². The largest absolute Gasteiger partial charge is 0.507 e. The summed E-state index contributed by atoms with van der Waals surface area (Å²) in [5, 5.41) is 15.8. The number of rotatable bonds is 6. The van der Waals surface area contributed by atoms with Crippen LogP contribution in [0.25, 0.3) is 0 Å². The van der Waals surface area contributed by atoms with Crippen molar-refractivity contribution in [3.05, 3.63) is 64.4 Å². The Hall–Kier alpha value is -2.40. The van der Waals surface area contributed by atoms with Crippen molar-refractivity contribution in [3.8, 4) is 5.75 Å². The Balaban J connectivity index is 1.96. The van der Waals surface area contributed by atoms with Crippen molar-refractivity contribution in [2.75, 3.05) is 0 Å². The summed E-state index contributed by atoms with van der Waals surface area (Å²) in [6.07, 6.45) is 4.04. The molecule has 0 fully saturated rings. The van der Waals surface area contributed by atoms with Crippen LogP contribution in [-0.2, 0) is 17.6 Å². The SMILES string of the molecule is C=CCc1cccc(/C=N\NC(=O)Cc2cccs2)c1O. The fraction of sp³-hybridized carbons (Fsp3) is 0.125. The summed E-state index contributed by atoms with van der Waals surface area (Å²) in [6, 6.07) is 9.19. The van der Waals surface area contributed by atoms with E-state index in [4.69, 9.17) is 0 Å². The van der Waals surface area contributed by atoms with E-state index < -0.39 is 0 Å². The van der Waals surface area contributed by atoms with Gasteiger partial charge in [-0.05, 0) is 29.5 Å². The monoisotopic (exact) mass is 300 g/mol. The molecule has 0 saturated heterocycles. The number of carbonyl (C=O) groups excluding carboxylic acids is 1. The number of hydrogen-bond donors (Lipinski definition) is 2. The molecule has 108 valence electrons. The lowest BCUT2D eigenvalue weighted by Gasteiger charge is -2.04. The Labute approximate surface area is 127 Å². The number of benzene rings is 1. The molecule has 0 aliphatic carbocycles. The molecule has 2 N–H and O–H groups in total. The molecule has 0 unspecified atom stereocenters. The zero-order valence-electron chi connectivity index (χ0n) is 11.5. The van der Waals surface area contributed by atoms with Gasteiger partial charge < -0.3 is 5.11 Å². The predicted molar refractivity (Wildman–Crippen MR) is 85.8 cm³/mol. The molecule has 1 amide bonds. The summed E-state index contributed by atoms with van der Waals surface area (Å²) in [5.41, 5.74) is 3.79. The summed E-state index contributed by atoms with van der Waals surface area (Å²) >= 11 is 1.53. The van der Waals surface area contributed by atoms with Gasteiger partial charge in [-0.2, -0.15) is 5.10 Å². The molecule has 1 heterocycles. The molecule has 0 aliphatic rings. The average molecular weight is 300 g/mol. The van der Waals surface area contributed by atoms with Crippen LogP contribution in [0.3, 0.4) is 0 Å². The summed E-state index contributed by atoms with van der Waals surface area (Å²) in [4.78, 5) is 12.6. The Morgan fingerprint density at radius 3 is 2.95 bits per heavy atom. The van der Waals surface area contributed by atoms with Gasteiger partial charge in [0.05, 0.1) is 12.6 Å². The topological polar surface area (TPSA) is 61.7 Å². The highest BCUT2D eigenvalue weighted by Gasteiger charge is 2.05. The first kappa shape index (κ1) is 15.0. The molecular formula is C16H16N2O2S. The van der Waals surface area contributed by atoms with Crippen LogP contribution in [0.1, 0.15) is 16.0 Å². The van der Waals surface area contributed by atoms with E-state index in [-0.39, 0.29) is 11.7 Å². The molecular weight excluding hydrogens is 284 g/mol. The van der Waals surface area contributed by atoms with Crippen LogP contribution in [0.4, 0.5) is 0 Å². The summed E-state index contributed by atoms with van der Waals surface area (Å²) in [6.45, 7) is 3.65. The van der Waals surface area contributed by atoms with Crippen molar-refractivity contribution in [2.24, 2.45) is 5.10 Å². The molecule has 2 aromatic rings. The molecule has 1 aromatic heterocycles. The fourth-order valence-corrected chi connectivity index (χ4v) is 2.52. The number of hydrazone groups is 1. The molecule has 2 rings (SSSR count). The quantitative estimate of drug-likeness (QED) is 0.489. The number of aromatic hydroxyl groups is 1. The average Bonchev–Trinajstić information content (AvgIpc) is 2.96. The molecule has 0 saturated carbocycles. The second kappa shape index (κ2) is 7.40. The van der Waals surface area contributed by atoms with E-state index >= 15 is 0 Å². The number of thiophene rings is 1. The summed E-state index contributed by atoms with van der Waals surface area (Å²) in [7, 11) is 0. The van der Waals surface area contributed by atoms with Crippen LogP contribution in [-0.4, -0.2) is 17.2 Å². The first-order chi connectivity index (χ1) is 10.2. The molecule has 21 heavy (non-hydrogen) atoms. The van der Waals surface area contributed by atoms with Gasteiger partial charge in [-0.3, -0.25) is 4.79 Å². The van der Waals surface area contributed by atoms with Crippen LogP contribution in [0.15, 0.2) is 53.5 Å². The van der Waals surface area contributed by atoms with E-state index in [2.05, 4.69) is 17.1 Å². The summed E-state index contributed by atoms with van der Waals surface area (Å²) in [5.74, 6) is -0.0240. The molecule has 0 bridgehead atoms. The number of nitrogens with zero attached hydrogens (tertiary/aromatic N) is 1. The van der Waals surface area contributed by atoms with Crippen molar-refractivity contribution >= 4 is 23.5 Å². The Morgan fingerprint density at radius 1 is 1.38 bits per heavy atom. The Kier molecular flexibility index (Phi) is 5.29. The lowest BCUT2D eigenvalue weighted by Crippen LogP contribution is -2.19. The molecule has 1 aromatic carbocycles. The normalized spacial score (nSPS) is 10.7. The van der Waals surface area contributed by atoms with E-state index in [9.17, 15) is 9.90 Å². The Bertz CT molecular complexity index is 648. The second-order valence-electron chi connectivity index (χ2n) is 4.40. The third-order valence-corrected chi connectivity index (χ3v) is 3.70. The molecule has 5 heteroatoms. The van der Waals surface area contributed by atoms with Crippen molar-refractivity contribution in [3.63, 3.8) is 0 Å². The first-order valence-electron chi connectivity index (χ1n) is 6.46. The van der Waals surface area contributed by atoms with E-state index in [0.717, 1.165) is 10.4 Å². The van der Waals surface area contributed by atoms with Gasteiger partial charge in [0, 0.05) is 10.4 Å². The van der Waals surface area contributed by atoms with Gasteiger partial charge in [0.2, 0.25) is 5.91 Å². The molecule has 0 spiro atoms. The predicted octanol–water partition coefficient (Wildman–Crippen LogP) is 2.88. The maximum Gasteiger partial charge on any atom is 0.245 e. The molecule has 4 nitrogen and oxygen atoms in total. The van der Waals surface area contributed by atoms with Gasteiger partial charge in [-0.15, -0.1) is 17.9 Å². The smallest absolute Gasteiger partial charge is 0.245 e. The third kappa shape index (κ3) is 4.29. The standard InChI is InChI=1S/C16H16N2O2S/c1-2-5-12-6-3-7-13(16(12)20)11-17-18-15(19)10-14-8-4-9-21-14/h2-4,6-9,11,20H,1,5,10H2,(H,18,19)/b17-11-. The van der Waals surface area contributed by atoms with E-state index in [1.807, 2.05) is 29.6 Å². The van der Waals surface area contributed by atoms with Crippen LogP contribution in [0.5, 0.6) is 5.75 Å². The lowest BCUT2D eigenvalue weighted by molar-refractivity contribution is -0.120. The number of hydrogen-bond acceptors (Lipinski definition) is 4. The number of para-hydroxylation sites is 1. The second-order valence-corrected chi connectivity index (χ2v) is 5.43. The minimum Gasteiger partial charge on any atom is -0.507 e. The number of allylic oxidation sites excluding steroid dienone is 1. The van der Waals surface area contributed by atoms with E-state index in [1.165, 1.54) is 17.6 Å². The van der Waals surface area contributed by atoms with E-state index in [1.54, 1.807) is 12.1 Å².